The number of hydrogen-bond donors (Lipinski definition) is 1. The van der Waals surface area contributed by atoms with E-state index in [1.54, 1.807) is 12.1 Å². The van der Waals surface area contributed by atoms with Crippen LogP contribution in [0.5, 0.6) is 5.75 Å². The molecule has 6 heteroatoms. The van der Waals surface area contributed by atoms with E-state index in [9.17, 15) is 4.57 Å². The monoisotopic (exact) mass is 303 g/mol. The Hall–Kier alpha value is -0.480. The first kappa shape index (κ1) is 16.6. The van der Waals surface area contributed by atoms with Gasteiger partial charge >= 0.3 is 7.75 Å². The molecule has 0 heterocycles. The highest BCUT2D eigenvalue weighted by Gasteiger charge is 2.23. The Bertz CT molecular complexity index is 389. The molecule has 19 heavy (non-hydrogen) atoms. The quantitative estimate of drug-likeness (QED) is 0.524. The van der Waals surface area contributed by atoms with Crippen molar-refractivity contribution in [3.05, 3.63) is 30.3 Å². The highest BCUT2D eigenvalue weighted by molar-refractivity contribution is 7.99. The van der Waals surface area contributed by atoms with Crippen molar-refractivity contribution in [1.82, 2.24) is 5.09 Å². The van der Waals surface area contributed by atoms with Gasteiger partial charge in [-0.05, 0) is 24.3 Å². The van der Waals surface area contributed by atoms with E-state index in [0.717, 1.165) is 11.5 Å². The van der Waals surface area contributed by atoms with Crippen LogP contribution >= 0.6 is 19.5 Å². The van der Waals surface area contributed by atoms with Crippen molar-refractivity contribution in [2.75, 3.05) is 25.2 Å². The molecule has 0 amide bonds. The molecule has 0 aliphatic heterocycles. The number of para-hydroxylation sites is 1. The van der Waals surface area contributed by atoms with Crippen LogP contribution in [0.25, 0.3) is 0 Å². The summed E-state index contributed by atoms with van der Waals surface area (Å²) in [7, 11) is -1.85. The van der Waals surface area contributed by atoms with Crippen molar-refractivity contribution >= 4 is 19.5 Å². The second-order valence-corrected chi connectivity index (χ2v) is 7.04. The molecule has 1 rings (SSSR count). The van der Waals surface area contributed by atoms with Crippen molar-refractivity contribution in [2.45, 2.75) is 19.8 Å². The molecule has 4 nitrogen and oxygen atoms in total. The molecule has 1 unspecified atom stereocenters. The predicted octanol–water partition coefficient (Wildman–Crippen LogP) is 3.94. The summed E-state index contributed by atoms with van der Waals surface area (Å²) in [6.45, 7) is 2.78. The average molecular weight is 303 g/mol. The van der Waals surface area contributed by atoms with Crippen LogP contribution in [0.2, 0.25) is 0 Å². The smallest absolute Gasteiger partial charge is 0.413 e. The van der Waals surface area contributed by atoms with Gasteiger partial charge in [0.2, 0.25) is 0 Å². The van der Waals surface area contributed by atoms with Crippen molar-refractivity contribution in [3.8, 4) is 5.75 Å². The van der Waals surface area contributed by atoms with E-state index in [4.69, 9.17) is 9.05 Å². The molecule has 0 spiro atoms. The fraction of sp³-hybridized carbons (Fsp3) is 0.538. The third-order valence-corrected chi connectivity index (χ3v) is 5.02. The summed E-state index contributed by atoms with van der Waals surface area (Å²) in [6, 6.07) is 9.04. The number of hydrogen-bond acceptors (Lipinski definition) is 4. The molecule has 1 aromatic rings. The summed E-state index contributed by atoms with van der Waals surface area (Å²) >= 11 is 1.84. The lowest BCUT2D eigenvalue weighted by molar-refractivity contribution is 0.310. The standard InChI is InChI=1S/C13H22NO3PS/c1-3-4-11-19-12-10-14-18(15,16-2)17-13-8-6-5-7-9-13/h5-9H,3-4,10-12H2,1-2H3,(H,14,15). The van der Waals surface area contributed by atoms with Gasteiger partial charge in [0, 0.05) is 19.4 Å². The topological polar surface area (TPSA) is 47.6 Å². The molecule has 1 aromatic carbocycles. The second-order valence-electron chi connectivity index (χ2n) is 3.96. The second kappa shape index (κ2) is 9.43. The largest absolute Gasteiger partial charge is 0.458 e. The normalized spacial score (nSPS) is 14.0. The van der Waals surface area contributed by atoms with Gasteiger partial charge in [-0.15, -0.1) is 0 Å². The molecule has 1 atom stereocenters. The zero-order chi connectivity index (χ0) is 14.0. The Balaban J connectivity index is 2.32. The molecule has 0 saturated carbocycles. The number of unbranched alkanes of at least 4 members (excludes halogenated alkanes) is 1. The van der Waals surface area contributed by atoms with Crippen molar-refractivity contribution in [1.29, 1.82) is 0 Å². The molecule has 0 fully saturated rings. The number of benzene rings is 1. The molecule has 0 saturated heterocycles. The Morgan fingerprint density at radius 3 is 2.63 bits per heavy atom. The fourth-order valence-corrected chi connectivity index (χ4v) is 3.51. The Morgan fingerprint density at radius 2 is 2.00 bits per heavy atom. The van der Waals surface area contributed by atoms with Crippen LogP contribution in [0.4, 0.5) is 0 Å². The highest BCUT2D eigenvalue weighted by atomic mass is 32.2. The van der Waals surface area contributed by atoms with E-state index in [-0.39, 0.29) is 0 Å². The summed E-state index contributed by atoms with van der Waals surface area (Å²) in [5.74, 6) is 2.57. The maximum absolute atomic E-state index is 12.3. The fourth-order valence-electron chi connectivity index (χ4n) is 1.36. The van der Waals surface area contributed by atoms with Crippen molar-refractivity contribution < 1.29 is 13.6 Å². The maximum Gasteiger partial charge on any atom is 0.458 e. The first-order chi connectivity index (χ1) is 9.20. The SMILES string of the molecule is CCCCSCCNP(=O)(OC)Oc1ccccc1. The summed E-state index contributed by atoms with van der Waals surface area (Å²) in [5, 5.41) is 2.86. The van der Waals surface area contributed by atoms with E-state index >= 15 is 0 Å². The number of thioether (sulfide) groups is 1. The van der Waals surface area contributed by atoms with E-state index in [2.05, 4.69) is 12.0 Å². The molecule has 108 valence electrons. The van der Waals surface area contributed by atoms with E-state index in [1.807, 2.05) is 30.0 Å². The zero-order valence-electron chi connectivity index (χ0n) is 11.5. The minimum absolute atomic E-state index is 0.541. The number of rotatable bonds is 10. The first-order valence-corrected chi connectivity index (χ1v) is 9.13. The molecule has 0 radical (unpaired) electrons. The van der Waals surface area contributed by atoms with Crippen LogP contribution in [0.15, 0.2) is 30.3 Å². The molecule has 0 bridgehead atoms. The van der Waals surface area contributed by atoms with Gasteiger partial charge in [-0.25, -0.2) is 9.65 Å². The van der Waals surface area contributed by atoms with Crippen LogP contribution in [0.3, 0.4) is 0 Å². The summed E-state index contributed by atoms with van der Waals surface area (Å²) in [5.41, 5.74) is 0. The highest BCUT2D eigenvalue weighted by Crippen LogP contribution is 2.42. The van der Waals surface area contributed by atoms with Gasteiger partial charge in [0.15, 0.2) is 0 Å². The average Bonchev–Trinajstić information content (AvgIpc) is 2.44. The lowest BCUT2D eigenvalue weighted by Gasteiger charge is -2.17. The van der Waals surface area contributed by atoms with Gasteiger partial charge in [0.25, 0.3) is 0 Å². The van der Waals surface area contributed by atoms with Gasteiger partial charge < -0.3 is 4.52 Å². The Kier molecular flexibility index (Phi) is 8.22. The molecule has 1 N–H and O–H groups in total. The minimum Gasteiger partial charge on any atom is -0.413 e. The van der Waals surface area contributed by atoms with Crippen LogP contribution in [0, 0.1) is 0 Å². The van der Waals surface area contributed by atoms with E-state index < -0.39 is 7.75 Å². The zero-order valence-corrected chi connectivity index (χ0v) is 13.2. The van der Waals surface area contributed by atoms with Crippen LogP contribution in [-0.4, -0.2) is 25.2 Å². The predicted molar refractivity (Wildman–Crippen MR) is 81.9 cm³/mol. The lowest BCUT2D eigenvalue weighted by atomic mass is 10.3. The number of nitrogens with one attached hydrogen (secondary N) is 1. The lowest BCUT2D eigenvalue weighted by Crippen LogP contribution is -2.18. The van der Waals surface area contributed by atoms with E-state index in [1.165, 1.54) is 20.0 Å². The Morgan fingerprint density at radius 1 is 1.26 bits per heavy atom. The van der Waals surface area contributed by atoms with Gasteiger partial charge in [0.05, 0.1) is 0 Å². The van der Waals surface area contributed by atoms with Gasteiger partial charge in [0.1, 0.15) is 5.75 Å². The minimum atomic E-state index is -3.24. The maximum atomic E-state index is 12.3. The summed E-state index contributed by atoms with van der Waals surface area (Å²) < 4.78 is 22.6. The van der Waals surface area contributed by atoms with Crippen LogP contribution in [0.1, 0.15) is 19.8 Å². The first-order valence-electron chi connectivity index (χ1n) is 6.43. The van der Waals surface area contributed by atoms with E-state index in [0.29, 0.717) is 12.3 Å². The van der Waals surface area contributed by atoms with Crippen LogP contribution < -0.4 is 9.61 Å². The summed E-state index contributed by atoms with van der Waals surface area (Å²) in [6.07, 6.45) is 2.42. The summed E-state index contributed by atoms with van der Waals surface area (Å²) in [4.78, 5) is 0. The molecular formula is C13H22NO3PS. The van der Waals surface area contributed by atoms with Gasteiger partial charge in [-0.1, -0.05) is 31.5 Å². The molecule has 0 aromatic heterocycles. The van der Waals surface area contributed by atoms with Crippen molar-refractivity contribution in [3.63, 3.8) is 0 Å². The third-order valence-electron chi connectivity index (χ3n) is 2.40. The van der Waals surface area contributed by atoms with Gasteiger partial charge in [-0.3, -0.25) is 4.52 Å². The Labute approximate surface area is 119 Å². The molecule has 0 aliphatic rings. The van der Waals surface area contributed by atoms with Gasteiger partial charge in [-0.2, -0.15) is 11.8 Å². The van der Waals surface area contributed by atoms with Crippen LogP contribution in [-0.2, 0) is 9.09 Å². The molecular weight excluding hydrogens is 281 g/mol. The van der Waals surface area contributed by atoms with Crippen molar-refractivity contribution in [2.24, 2.45) is 0 Å². The molecule has 0 aliphatic carbocycles. The third kappa shape index (κ3) is 7.02.